The van der Waals surface area contributed by atoms with Crippen molar-refractivity contribution in [3.05, 3.63) is 0 Å². The highest BCUT2D eigenvalue weighted by Crippen LogP contribution is 2.31. The van der Waals surface area contributed by atoms with Crippen LogP contribution in [-0.2, 0) is 33.4 Å². The summed E-state index contributed by atoms with van der Waals surface area (Å²) in [5.74, 6) is -12.7. The van der Waals surface area contributed by atoms with Gasteiger partial charge in [0.15, 0.2) is 0 Å². The molecule has 0 rings (SSSR count). The first-order chi connectivity index (χ1) is 9.36. The number of carbonyl (C=O) groups excluding carboxylic acids is 4. The molecule has 3 N–H and O–H groups in total. The van der Waals surface area contributed by atoms with Gasteiger partial charge in [-0.15, -0.1) is 0 Å². The minimum atomic E-state index is -3.65. The SMILES string of the molecule is CC(=O)OC(=O)[C@@](O)(OC(C)=O)[C@@](O)(OC(C)=O)[C@@H](C)O. The van der Waals surface area contributed by atoms with Crippen LogP contribution in [0.1, 0.15) is 27.7 Å². The molecule has 0 unspecified atom stereocenters. The van der Waals surface area contributed by atoms with E-state index in [1.807, 2.05) is 0 Å². The summed E-state index contributed by atoms with van der Waals surface area (Å²) < 4.78 is 12.6. The van der Waals surface area contributed by atoms with Crippen molar-refractivity contribution in [2.24, 2.45) is 0 Å². The summed E-state index contributed by atoms with van der Waals surface area (Å²) in [6.45, 7) is 3.16. The van der Waals surface area contributed by atoms with Crippen LogP contribution in [-0.4, -0.2) is 56.9 Å². The van der Waals surface area contributed by atoms with Gasteiger partial charge in [0.25, 0.3) is 0 Å². The Hall–Kier alpha value is -2.04. The van der Waals surface area contributed by atoms with E-state index in [1.54, 1.807) is 0 Å². The molecule has 0 amide bonds. The maximum Gasteiger partial charge on any atom is 0.394 e. The number of carbonyl (C=O) groups is 4. The van der Waals surface area contributed by atoms with Crippen molar-refractivity contribution in [2.45, 2.75) is 45.4 Å². The molecule has 0 heterocycles. The molecule has 3 atom stereocenters. The minimum absolute atomic E-state index is 0.752. The van der Waals surface area contributed by atoms with Crippen molar-refractivity contribution in [3.8, 4) is 0 Å². The smallest absolute Gasteiger partial charge is 0.394 e. The fourth-order valence-electron chi connectivity index (χ4n) is 1.33. The van der Waals surface area contributed by atoms with Gasteiger partial charge in [-0.3, -0.25) is 14.4 Å². The molecule has 10 nitrogen and oxygen atoms in total. The summed E-state index contributed by atoms with van der Waals surface area (Å²) in [6.07, 6.45) is -2.09. The molecule has 0 fully saturated rings. The first-order valence-electron chi connectivity index (χ1n) is 5.61. The van der Waals surface area contributed by atoms with Gasteiger partial charge in [0, 0.05) is 20.8 Å². The van der Waals surface area contributed by atoms with Gasteiger partial charge < -0.3 is 29.5 Å². The van der Waals surface area contributed by atoms with E-state index in [0.717, 1.165) is 27.7 Å². The predicted octanol–water partition coefficient (Wildman–Crippen LogP) is -2.04. The summed E-state index contributed by atoms with van der Waals surface area (Å²) in [4.78, 5) is 44.4. The van der Waals surface area contributed by atoms with Gasteiger partial charge in [-0.1, -0.05) is 0 Å². The van der Waals surface area contributed by atoms with Crippen molar-refractivity contribution >= 4 is 23.9 Å². The van der Waals surface area contributed by atoms with Crippen LogP contribution in [0.5, 0.6) is 0 Å². The normalized spacial score (nSPS) is 17.7. The van der Waals surface area contributed by atoms with Gasteiger partial charge in [-0.25, -0.2) is 4.79 Å². The Morgan fingerprint density at radius 2 is 1.33 bits per heavy atom. The van der Waals surface area contributed by atoms with Gasteiger partial charge in [-0.05, 0) is 6.92 Å². The maximum atomic E-state index is 11.7. The molecule has 0 aliphatic carbocycles. The van der Waals surface area contributed by atoms with E-state index >= 15 is 0 Å². The molecule has 0 aliphatic rings. The van der Waals surface area contributed by atoms with Gasteiger partial charge in [-0.2, -0.15) is 0 Å². The Balaban J connectivity index is 5.93. The van der Waals surface area contributed by atoms with Crippen LogP contribution in [0.25, 0.3) is 0 Å². The van der Waals surface area contributed by atoms with Gasteiger partial charge in [0.2, 0.25) is 0 Å². The highest BCUT2D eigenvalue weighted by atomic mass is 16.8. The molecular formula is C11H16O10. The predicted molar refractivity (Wildman–Crippen MR) is 61.9 cm³/mol. The summed E-state index contributed by atoms with van der Waals surface area (Å²) in [7, 11) is 0. The van der Waals surface area contributed by atoms with Crippen molar-refractivity contribution in [3.63, 3.8) is 0 Å². The lowest BCUT2D eigenvalue weighted by Gasteiger charge is -2.39. The second-order valence-electron chi connectivity index (χ2n) is 4.08. The molecule has 0 aromatic heterocycles. The van der Waals surface area contributed by atoms with E-state index in [1.165, 1.54) is 0 Å². The van der Waals surface area contributed by atoms with Gasteiger partial charge >= 0.3 is 35.5 Å². The first kappa shape index (κ1) is 19.0. The Morgan fingerprint density at radius 3 is 1.62 bits per heavy atom. The van der Waals surface area contributed by atoms with E-state index in [0.29, 0.717) is 0 Å². The Labute approximate surface area is 119 Å². The topological polar surface area (TPSA) is 157 Å². The largest absolute Gasteiger partial charge is 0.423 e. The number of esters is 4. The molecular weight excluding hydrogens is 292 g/mol. The first-order valence-corrected chi connectivity index (χ1v) is 5.61. The number of aliphatic hydroxyl groups excluding tert-OH is 1. The van der Waals surface area contributed by atoms with Crippen molar-refractivity contribution in [1.29, 1.82) is 0 Å². The molecule has 21 heavy (non-hydrogen) atoms. The average Bonchev–Trinajstić information content (AvgIpc) is 2.25. The quantitative estimate of drug-likeness (QED) is 0.224. The number of hydrogen-bond donors (Lipinski definition) is 3. The van der Waals surface area contributed by atoms with Crippen LogP contribution < -0.4 is 0 Å². The molecule has 10 heteroatoms. The molecule has 0 aromatic rings. The van der Waals surface area contributed by atoms with Crippen molar-refractivity contribution in [2.75, 3.05) is 0 Å². The van der Waals surface area contributed by atoms with Gasteiger partial charge in [0.05, 0.1) is 0 Å². The zero-order chi connectivity index (χ0) is 17.0. The number of ether oxygens (including phenoxy) is 3. The standard InChI is InChI=1S/C11H16O10/c1-5(12)10(17,20-7(3)14)11(18,21-8(4)15)9(16)19-6(2)13/h5,12,17-18H,1-4H3/t5-,10+,11-/m1/s1. The number of rotatable bonds is 5. The minimum Gasteiger partial charge on any atom is -0.423 e. The van der Waals surface area contributed by atoms with E-state index in [-0.39, 0.29) is 0 Å². The van der Waals surface area contributed by atoms with E-state index in [9.17, 15) is 34.5 Å². The summed E-state index contributed by atoms with van der Waals surface area (Å²) in [5.41, 5.74) is 0. The molecule has 0 saturated carbocycles. The highest BCUT2D eigenvalue weighted by Gasteiger charge is 2.66. The Kier molecular flexibility index (Phi) is 5.97. The molecule has 0 aliphatic heterocycles. The second-order valence-corrected chi connectivity index (χ2v) is 4.08. The van der Waals surface area contributed by atoms with Gasteiger partial charge in [0.1, 0.15) is 6.10 Å². The van der Waals surface area contributed by atoms with Crippen LogP contribution in [0, 0.1) is 0 Å². The van der Waals surface area contributed by atoms with Crippen molar-refractivity contribution in [1.82, 2.24) is 0 Å². The lowest BCUT2D eigenvalue weighted by Crippen LogP contribution is -2.68. The molecule has 0 aromatic carbocycles. The molecule has 0 radical (unpaired) electrons. The van der Waals surface area contributed by atoms with E-state index in [2.05, 4.69) is 14.2 Å². The second kappa shape index (κ2) is 6.61. The fourth-order valence-corrected chi connectivity index (χ4v) is 1.33. The van der Waals surface area contributed by atoms with Crippen LogP contribution >= 0.6 is 0 Å². The monoisotopic (exact) mass is 308 g/mol. The van der Waals surface area contributed by atoms with E-state index < -0.39 is 41.6 Å². The third-order valence-electron chi connectivity index (χ3n) is 2.16. The highest BCUT2D eigenvalue weighted by molar-refractivity contribution is 5.91. The lowest BCUT2D eigenvalue weighted by atomic mass is 10.00. The zero-order valence-electron chi connectivity index (χ0n) is 11.8. The summed E-state index contributed by atoms with van der Waals surface area (Å²) in [6, 6.07) is 0. The number of aliphatic hydroxyl groups is 3. The Morgan fingerprint density at radius 1 is 0.905 bits per heavy atom. The molecule has 0 spiro atoms. The zero-order valence-corrected chi connectivity index (χ0v) is 11.8. The Bertz CT molecular complexity index is 456. The third kappa shape index (κ3) is 4.21. The molecule has 120 valence electrons. The van der Waals surface area contributed by atoms with Crippen LogP contribution in [0.3, 0.4) is 0 Å². The van der Waals surface area contributed by atoms with Crippen molar-refractivity contribution < 1.29 is 48.7 Å². The van der Waals surface area contributed by atoms with E-state index in [4.69, 9.17) is 0 Å². The molecule has 0 bridgehead atoms. The van der Waals surface area contributed by atoms with Crippen LogP contribution in [0.4, 0.5) is 0 Å². The summed E-state index contributed by atoms with van der Waals surface area (Å²) >= 11 is 0. The third-order valence-corrected chi connectivity index (χ3v) is 2.16. The summed E-state index contributed by atoms with van der Waals surface area (Å²) in [5, 5.41) is 29.6. The fraction of sp³-hybridized carbons (Fsp3) is 0.636. The van der Waals surface area contributed by atoms with Crippen LogP contribution in [0.15, 0.2) is 0 Å². The van der Waals surface area contributed by atoms with Crippen LogP contribution in [0.2, 0.25) is 0 Å². The average molecular weight is 308 g/mol. The molecule has 0 saturated heterocycles. The lowest BCUT2D eigenvalue weighted by molar-refractivity contribution is -0.371. The maximum absolute atomic E-state index is 11.7. The number of hydrogen-bond acceptors (Lipinski definition) is 10.